The Bertz CT molecular complexity index is 620. The molecule has 2 rings (SSSR count). The molecule has 0 amide bonds. The predicted molar refractivity (Wildman–Crippen MR) is 70.2 cm³/mol. The van der Waals surface area contributed by atoms with E-state index in [1.54, 1.807) is 7.11 Å². The first-order chi connectivity index (χ1) is 8.60. The first-order valence-electron chi connectivity index (χ1n) is 5.56. The highest BCUT2D eigenvalue weighted by atomic mass is 16.5. The molecule has 0 aliphatic rings. The number of hydrogen-bond donors (Lipinski definition) is 2. The van der Waals surface area contributed by atoms with Gasteiger partial charge in [-0.15, -0.1) is 0 Å². The second-order valence-corrected chi connectivity index (χ2v) is 4.08. The summed E-state index contributed by atoms with van der Waals surface area (Å²) in [5.41, 5.74) is 8.75. The van der Waals surface area contributed by atoms with Crippen LogP contribution in [0.1, 0.15) is 11.4 Å². The SMILES string of the molecule is COCc1nc(-c2ccc(C)c(N)c2)cc(=O)[nH]1. The molecule has 1 aromatic heterocycles. The first kappa shape index (κ1) is 12.3. The van der Waals surface area contributed by atoms with Crippen molar-refractivity contribution in [2.75, 3.05) is 12.8 Å². The Balaban J connectivity index is 2.49. The van der Waals surface area contributed by atoms with Crippen LogP contribution >= 0.6 is 0 Å². The van der Waals surface area contributed by atoms with Crippen molar-refractivity contribution >= 4 is 5.69 Å². The lowest BCUT2D eigenvalue weighted by Gasteiger charge is -2.06. The molecule has 2 aromatic rings. The zero-order chi connectivity index (χ0) is 13.1. The molecular weight excluding hydrogens is 230 g/mol. The Morgan fingerprint density at radius 1 is 1.39 bits per heavy atom. The van der Waals surface area contributed by atoms with E-state index in [1.807, 2.05) is 25.1 Å². The van der Waals surface area contributed by atoms with Crippen molar-refractivity contribution in [3.8, 4) is 11.3 Å². The summed E-state index contributed by atoms with van der Waals surface area (Å²) < 4.78 is 4.96. The lowest BCUT2D eigenvalue weighted by Crippen LogP contribution is -2.11. The minimum absolute atomic E-state index is 0.203. The van der Waals surface area contributed by atoms with Gasteiger partial charge in [0.2, 0.25) is 0 Å². The minimum atomic E-state index is -0.203. The summed E-state index contributed by atoms with van der Waals surface area (Å²) >= 11 is 0. The second-order valence-electron chi connectivity index (χ2n) is 4.08. The van der Waals surface area contributed by atoms with Crippen LogP contribution in [0.2, 0.25) is 0 Å². The number of rotatable bonds is 3. The molecule has 0 saturated heterocycles. The fourth-order valence-corrected chi connectivity index (χ4v) is 1.66. The normalized spacial score (nSPS) is 10.6. The Morgan fingerprint density at radius 3 is 2.83 bits per heavy atom. The molecule has 5 heteroatoms. The van der Waals surface area contributed by atoms with Crippen molar-refractivity contribution < 1.29 is 4.74 Å². The number of anilines is 1. The van der Waals surface area contributed by atoms with E-state index in [-0.39, 0.29) is 12.2 Å². The van der Waals surface area contributed by atoms with Crippen molar-refractivity contribution in [2.45, 2.75) is 13.5 Å². The number of benzene rings is 1. The molecule has 0 aliphatic heterocycles. The van der Waals surface area contributed by atoms with Gasteiger partial charge in [-0.2, -0.15) is 0 Å². The van der Waals surface area contributed by atoms with Gasteiger partial charge in [0.15, 0.2) is 0 Å². The van der Waals surface area contributed by atoms with Gasteiger partial charge in [-0.1, -0.05) is 12.1 Å². The molecule has 18 heavy (non-hydrogen) atoms. The number of aromatic nitrogens is 2. The van der Waals surface area contributed by atoms with Gasteiger partial charge >= 0.3 is 0 Å². The van der Waals surface area contributed by atoms with E-state index >= 15 is 0 Å². The topological polar surface area (TPSA) is 81.0 Å². The smallest absolute Gasteiger partial charge is 0.251 e. The predicted octanol–water partition coefficient (Wildman–Crippen LogP) is 1.47. The third-order valence-corrected chi connectivity index (χ3v) is 2.65. The molecule has 0 saturated carbocycles. The van der Waals surface area contributed by atoms with Crippen LogP contribution in [0.15, 0.2) is 29.1 Å². The molecule has 5 nitrogen and oxygen atoms in total. The standard InChI is InChI=1S/C13H15N3O2/c1-8-3-4-9(5-10(8)14)11-6-13(17)16-12(15-11)7-18-2/h3-6H,7,14H2,1-2H3,(H,15,16,17). The zero-order valence-electron chi connectivity index (χ0n) is 10.4. The van der Waals surface area contributed by atoms with Crippen LogP contribution in [-0.2, 0) is 11.3 Å². The molecule has 3 N–H and O–H groups in total. The Morgan fingerprint density at radius 2 is 2.17 bits per heavy atom. The third-order valence-electron chi connectivity index (χ3n) is 2.65. The largest absolute Gasteiger partial charge is 0.398 e. The van der Waals surface area contributed by atoms with E-state index in [1.165, 1.54) is 6.07 Å². The molecule has 0 fully saturated rings. The number of nitrogens with one attached hydrogen (secondary N) is 1. The summed E-state index contributed by atoms with van der Waals surface area (Å²) in [7, 11) is 1.55. The van der Waals surface area contributed by atoms with Crippen LogP contribution in [0.25, 0.3) is 11.3 Å². The number of nitrogens with zero attached hydrogens (tertiary/aromatic N) is 1. The van der Waals surface area contributed by atoms with Crippen LogP contribution in [0, 0.1) is 6.92 Å². The Labute approximate surface area is 105 Å². The molecule has 0 spiro atoms. The lowest BCUT2D eigenvalue weighted by molar-refractivity contribution is 0.177. The zero-order valence-corrected chi connectivity index (χ0v) is 10.4. The number of hydrogen-bond acceptors (Lipinski definition) is 4. The molecule has 1 heterocycles. The average molecular weight is 245 g/mol. The van der Waals surface area contributed by atoms with Crippen LogP contribution in [0.4, 0.5) is 5.69 Å². The average Bonchev–Trinajstić information content (AvgIpc) is 2.32. The number of aromatic amines is 1. The Kier molecular flexibility index (Phi) is 3.43. The van der Waals surface area contributed by atoms with Crippen molar-refractivity contribution in [3.63, 3.8) is 0 Å². The summed E-state index contributed by atoms with van der Waals surface area (Å²) in [5.74, 6) is 0.499. The van der Waals surface area contributed by atoms with Crippen molar-refractivity contribution in [1.29, 1.82) is 0 Å². The maximum absolute atomic E-state index is 11.5. The fraction of sp³-hybridized carbons (Fsp3) is 0.231. The van der Waals surface area contributed by atoms with Crippen molar-refractivity contribution in [2.24, 2.45) is 0 Å². The van der Waals surface area contributed by atoms with Gasteiger partial charge in [0.25, 0.3) is 5.56 Å². The summed E-state index contributed by atoms with van der Waals surface area (Å²) in [6.07, 6.45) is 0. The van der Waals surface area contributed by atoms with Gasteiger partial charge in [-0.25, -0.2) is 4.98 Å². The number of nitrogens with two attached hydrogens (primary N) is 1. The van der Waals surface area contributed by atoms with Gasteiger partial charge in [0.1, 0.15) is 12.4 Å². The number of ether oxygens (including phenoxy) is 1. The van der Waals surface area contributed by atoms with E-state index in [0.29, 0.717) is 17.2 Å². The number of aryl methyl sites for hydroxylation is 1. The monoisotopic (exact) mass is 245 g/mol. The highest BCUT2D eigenvalue weighted by Crippen LogP contribution is 2.21. The summed E-state index contributed by atoms with van der Waals surface area (Å²) in [5, 5.41) is 0. The highest BCUT2D eigenvalue weighted by Gasteiger charge is 2.05. The van der Waals surface area contributed by atoms with Gasteiger partial charge in [0, 0.05) is 24.4 Å². The van der Waals surface area contributed by atoms with Crippen molar-refractivity contribution in [3.05, 3.63) is 46.0 Å². The molecule has 94 valence electrons. The molecule has 0 radical (unpaired) electrons. The summed E-state index contributed by atoms with van der Waals surface area (Å²) in [6.45, 7) is 2.20. The third kappa shape index (κ3) is 2.57. The van der Waals surface area contributed by atoms with E-state index < -0.39 is 0 Å². The van der Waals surface area contributed by atoms with Gasteiger partial charge < -0.3 is 15.5 Å². The van der Waals surface area contributed by atoms with Gasteiger partial charge in [-0.05, 0) is 18.6 Å². The van der Waals surface area contributed by atoms with Crippen LogP contribution in [-0.4, -0.2) is 17.1 Å². The quantitative estimate of drug-likeness (QED) is 0.802. The van der Waals surface area contributed by atoms with Gasteiger partial charge in [0.05, 0.1) is 5.69 Å². The maximum Gasteiger partial charge on any atom is 0.251 e. The van der Waals surface area contributed by atoms with Crippen LogP contribution in [0.3, 0.4) is 0 Å². The molecule has 1 aromatic carbocycles. The van der Waals surface area contributed by atoms with Crippen molar-refractivity contribution in [1.82, 2.24) is 9.97 Å². The van der Waals surface area contributed by atoms with E-state index in [0.717, 1.165) is 11.1 Å². The Hall–Kier alpha value is -2.14. The molecule has 0 unspecified atom stereocenters. The van der Waals surface area contributed by atoms with E-state index in [9.17, 15) is 4.79 Å². The number of nitrogen functional groups attached to an aromatic ring is 1. The number of H-pyrrole nitrogens is 1. The highest BCUT2D eigenvalue weighted by molar-refractivity contribution is 5.65. The molecule has 0 atom stereocenters. The fourth-order valence-electron chi connectivity index (χ4n) is 1.66. The van der Waals surface area contributed by atoms with E-state index in [2.05, 4.69) is 9.97 Å². The van der Waals surface area contributed by atoms with E-state index in [4.69, 9.17) is 10.5 Å². The molecule has 0 aliphatic carbocycles. The summed E-state index contributed by atoms with van der Waals surface area (Å²) in [4.78, 5) is 18.5. The molecule has 0 bridgehead atoms. The molecular formula is C13H15N3O2. The lowest BCUT2D eigenvalue weighted by atomic mass is 10.1. The minimum Gasteiger partial charge on any atom is -0.398 e. The second kappa shape index (κ2) is 5.01. The first-order valence-corrected chi connectivity index (χ1v) is 5.56. The van der Waals surface area contributed by atoms with Crippen LogP contribution in [0.5, 0.6) is 0 Å². The maximum atomic E-state index is 11.5. The number of methoxy groups -OCH3 is 1. The summed E-state index contributed by atoms with van der Waals surface area (Å²) in [6, 6.07) is 7.06. The van der Waals surface area contributed by atoms with Gasteiger partial charge in [-0.3, -0.25) is 4.79 Å². The van der Waals surface area contributed by atoms with Crippen LogP contribution < -0.4 is 11.3 Å².